The maximum atomic E-state index is 12.6. The van der Waals surface area contributed by atoms with Crippen molar-refractivity contribution in [1.82, 2.24) is 4.90 Å². The van der Waals surface area contributed by atoms with Gasteiger partial charge in [0.15, 0.2) is 5.17 Å². The van der Waals surface area contributed by atoms with Crippen LogP contribution in [0, 0.1) is 3.57 Å². The first-order chi connectivity index (χ1) is 11.6. The first kappa shape index (κ1) is 17.0. The zero-order valence-electron chi connectivity index (χ0n) is 12.9. The SMILES string of the molecule is CCN1C(=O)/C(=C/c2ccc(O)c(I)c2)SC1=Nc1ccccc1. The molecule has 1 amide bonds. The summed E-state index contributed by atoms with van der Waals surface area (Å²) < 4.78 is 0.753. The monoisotopic (exact) mass is 450 g/mol. The molecule has 0 unspecified atom stereocenters. The lowest BCUT2D eigenvalue weighted by molar-refractivity contribution is -0.122. The Kier molecular flexibility index (Phi) is 5.25. The van der Waals surface area contributed by atoms with E-state index in [1.165, 1.54) is 11.8 Å². The number of para-hydroxylation sites is 1. The molecule has 0 aliphatic carbocycles. The number of aliphatic imine (C=N–C) groups is 1. The van der Waals surface area contributed by atoms with Crippen LogP contribution < -0.4 is 0 Å². The second kappa shape index (κ2) is 7.40. The number of nitrogens with zero attached hydrogens (tertiary/aromatic N) is 2. The van der Waals surface area contributed by atoms with E-state index < -0.39 is 0 Å². The molecule has 0 bridgehead atoms. The van der Waals surface area contributed by atoms with Crippen LogP contribution >= 0.6 is 34.4 Å². The molecule has 1 aliphatic rings. The molecule has 4 nitrogen and oxygen atoms in total. The molecule has 0 atom stereocenters. The van der Waals surface area contributed by atoms with E-state index in [9.17, 15) is 9.90 Å². The Labute approximate surface area is 158 Å². The summed E-state index contributed by atoms with van der Waals surface area (Å²) in [5, 5.41) is 10.3. The van der Waals surface area contributed by atoms with Crippen LogP contribution in [-0.2, 0) is 4.79 Å². The summed E-state index contributed by atoms with van der Waals surface area (Å²) in [5.74, 6) is 0.199. The maximum absolute atomic E-state index is 12.6. The Balaban J connectivity index is 1.93. The van der Waals surface area contributed by atoms with Crippen LogP contribution in [0.4, 0.5) is 5.69 Å². The fourth-order valence-corrected chi connectivity index (χ4v) is 3.85. The van der Waals surface area contributed by atoms with Crippen molar-refractivity contribution >= 4 is 57.2 Å². The van der Waals surface area contributed by atoms with Gasteiger partial charge in [0.1, 0.15) is 5.75 Å². The van der Waals surface area contributed by atoms with Gasteiger partial charge in [-0.2, -0.15) is 0 Å². The number of thioether (sulfide) groups is 1. The van der Waals surface area contributed by atoms with E-state index >= 15 is 0 Å². The minimum Gasteiger partial charge on any atom is -0.507 e. The van der Waals surface area contributed by atoms with Gasteiger partial charge in [-0.15, -0.1) is 0 Å². The lowest BCUT2D eigenvalue weighted by Crippen LogP contribution is -2.28. The molecule has 1 fully saturated rings. The number of phenols is 1. The molecule has 0 radical (unpaired) electrons. The zero-order chi connectivity index (χ0) is 17.1. The highest BCUT2D eigenvalue weighted by Gasteiger charge is 2.32. The number of aromatic hydroxyl groups is 1. The topological polar surface area (TPSA) is 52.9 Å². The molecule has 0 spiro atoms. The second-order valence-corrected chi connectivity index (χ2v) is 7.27. The molecule has 1 saturated heterocycles. The van der Waals surface area contributed by atoms with E-state index in [4.69, 9.17) is 0 Å². The highest BCUT2D eigenvalue weighted by Crippen LogP contribution is 2.34. The van der Waals surface area contributed by atoms with Crippen molar-refractivity contribution in [3.8, 4) is 5.75 Å². The molecular formula is C18H15IN2O2S. The number of halogens is 1. The van der Waals surface area contributed by atoms with Gasteiger partial charge in [0, 0.05) is 6.54 Å². The summed E-state index contributed by atoms with van der Waals surface area (Å²) in [4.78, 5) is 19.5. The van der Waals surface area contributed by atoms with Gasteiger partial charge in [0.25, 0.3) is 5.91 Å². The minimum absolute atomic E-state index is 0.0414. The van der Waals surface area contributed by atoms with Crippen molar-refractivity contribution in [3.05, 3.63) is 62.6 Å². The molecule has 1 aliphatic heterocycles. The lowest BCUT2D eigenvalue weighted by Gasteiger charge is -2.11. The van der Waals surface area contributed by atoms with Crippen LogP contribution in [0.5, 0.6) is 5.75 Å². The molecule has 1 heterocycles. The summed E-state index contributed by atoms with van der Waals surface area (Å²) >= 11 is 3.44. The third-order valence-electron chi connectivity index (χ3n) is 3.45. The van der Waals surface area contributed by atoms with Crippen molar-refractivity contribution in [3.63, 3.8) is 0 Å². The van der Waals surface area contributed by atoms with Gasteiger partial charge in [-0.25, -0.2) is 4.99 Å². The largest absolute Gasteiger partial charge is 0.507 e. The van der Waals surface area contributed by atoms with Gasteiger partial charge >= 0.3 is 0 Å². The van der Waals surface area contributed by atoms with Crippen molar-refractivity contribution < 1.29 is 9.90 Å². The smallest absolute Gasteiger partial charge is 0.266 e. The van der Waals surface area contributed by atoms with Gasteiger partial charge < -0.3 is 5.11 Å². The highest BCUT2D eigenvalue weighted by atomic mass is 127. The van der Waals surface area contributed by atoms with E-state index in [2.05, 4.69) is 27.6 Å². The van der Waals surface area contributed by atoms with E-state index in [0.29, 0.717) is 16.6 Å². The molecule has 2 aromatic carbocycles. The van der Waals surface area contributed by atoms with Crippen molar-refractivity contribution in [2.45, 2.75) is 6.92 Å². The van der Waals surface area contributed by atoms with Crippen LogP contribution in [0.3, 0.4) is 0 Å². The number of amides is 1. The van der Waals surface area contributed by atoms with Crippen molar-refractivity contribution in [2.75, 3.05) is 6.54 Å². The quantitative estimate of drug-likeness (QED) is 0.549. The lowest BCUT2D eigenvalue weighted by atomic mass is 10.2. The van der Waals surface area contributed by atoms with Crippen molar-refractivity contribution in [1.29, 1.82) is 0 Å². The molecular weight excluding hydrogens is 435 g/mol. The summed E-state index contributed by atoms with van der Waals surface area (Å²) in [6.45, 7) is 2.51. The predicted octanol–water partition coefficient (Wildman–Crippen LogP) is 4.62. The molecule has 0 aromatic heterocycles. The van der Waals surface area contributed by atoms with Crippen molar-refractivity contribution in [2.24, 2.45) is 4.99 Å². The molecule has 1 N–H and O–H groups in total. The molecule has 3 rings (SSSR count). The third-order valence-corrected chi connectivity index (χ3v) is 5.33. The molecule has 2 aromatic rings. The van der Waals surface area contributed by atoms with E-state index in [1.807, 2.05) is 49.4 Å². The van der Waals surface area contributed by atoms with Crippen LogP contribution in [0.15, 0.2) is 58.4 Å². The Hall–Kier alpha value is -1.80. The number of carbonyl (C=O) groups excluding carboxylic acids is 1. The Morgan fingerprint density at radius 1 is 1.25 bits per heavy atom. The van der Waals surface area contributed by atoms with Gasteiger partial charge in [0.05, 0.1) is 14.2 Å². The molecule has 6 heteroatoms. The van der Waals surface area contributed by atoms with Gasteiger partial charge in [0.2, 0.25) is 0 Å². The molecule has 0 saturated carbocycles. The first-order valence-corrected chi connectivity index (χ1v) is 9.31. The normalized spacial score (nSPS) is 17.9. The summed E-state index contributed by atoms with van der Waals surface area (Å²) in [5.41, 5.74) is 1.71. The fourth-order valence-electron chi connectivity index (χ4n) is 2.25. The highest BCUT2D eigenvalue weighted by molar-refractivity contribution is 14.1. The van der Waals surface area contributed by atoms with Gasteiger partial charge in [-0.05, 0) is 77.2 Å². The number of hydrogen-bond acceptors (Lipinski definition) is 4. The van der Waals surface area contributed by atoms with Crippen LogP contribution in [0.25, 0.3) is 6.08 Å². The average Bonchev–Trinajstić information content (AvgIpc) is 2.87. The third kappa shape index (κ3) is 3.64. The second-order valence-electron chi connectivity index (χ2n) is 5.10. The average molecular weight is 450 g/mol. The van der Waals surface area contributed by atoms with Gasteiger partial charge in [-0.3, -0.25) is 9.69 Å². The number of hydrogen-bond donors (Lipinski definition) is 1. The standard InChI is InChI=1S/C18H15IN2O2S/c1-2-21-17(23)16(11-12-8-9-15(22)14(19)10-12)24-18(21)20-13-6-4-3-5-7-13/h3-11,22H,2H2,1H3/b16-11-,20-18?. The number of carbonyl (C=O) groups is 1. The predicted molar refractivity (Wildman–Crippen MR) is 107 cm³/mol. The Morgan fingerprint density at radius 2 is 2.00 bits per heavy atom. The molecule has 122 valence electrons. The summed E-state index contributed by atoms with van der Waals surface area (Å²) in [7, 11) is 0. The van der Waals surface area contributed by atoms with Crippen LogP contribution in [0.2, 0.25) is 0 Å². The molecule has 24 heavy (non-hydrogen) atoms. The number of rotatable bonds is 3. The summed E-state index contributed by atoms with van der Waals surface area (Å²) in [6, 6.07) is 14.9. The van der Waals surface area contributed by atoms with Gasteiger partial charge in [-0.1, -0.05) is 24.3 Å². The van der Waals surface area contributed by atoms with E-state index in [-0.39, 0.29) is 11.7 Å². The number of amidine groups is 1. The zero-order valence-corrected chi connectivity index (χ0v) is 15.9. The number of phenolic OH excluding ortho intramolecular Hbond substituents is 1. The number of likely N-dealkylation sites (N-methyl/N-ethyl adjacent to an activating group) is 1. The minimum atomic E-state index is -0.0414. The Morgan fingerprint density at radius 3 is 2.67 bits per heavy atom. The number of benzene rings is 2. The first-order valence-electron chi connectivity index (χ1n) is 7.42. The van der Waals surface area contributed by atoms with E-state index in [0.717, 1.165) is 14.8 Å². The van der Waals surface area contributed by atoms with E-state index in [1.54, 1.807) is 17.0 Å². The van der Waals surface area contributed by atoms with Crippen LogP contribution in [-0.4, -0.2) is 27.6 Å². The maximum Gasteiger partial charge on any atom is 0.266 e. The fraction of sp³-hybridized carbons (Fsp3) is 0.111. The Bertz CT molecular complexity index is 834. The summed E-state index contributed by atoms with van der Waals surface area (Å²) in [6.07, 6.45) is 1.84. The van der Waals surface area contributed by atoms with Crippen LogP contribution in [0.1, 0.15) is 12.5 Å².